The first-order chi connectivity index (χ1) is 23.8. The third kappa shape index (κ3) is 6.13. The van der Waals surface area contributed by atoms with Crippen molar-refractivity contribution in [1.82, 2.24) is 4.90 Å². The number of rotatable bonds is 10. The van der Waals surface area contributed by atoms with Gasteiger partial charge in [-0.2, -0.15) is 0 Å². The van der Waals surface area contributed by atoms with E-state index in [1.807, 2.05) is 0 Å². The molecule has 0 aromatic heterocycles. The fraction of sp³-hybridized carbons (Fsp3) is 0.333. The molecule has 0 bridgehead atoms. The number of nitrogens with zero attached hydrogens (tertiary/aromatic N) is 1. The molecule has 2 nitrogen and oxygen atoms in total. The SMILES string of the molecule is [2H]C([2H])([2H])C([2H])([2H])C([2H])([2H])C([2H])([2H])N(CC(O)c1cc(Cl)cc2c1-c1ccc(Cl)cc1/C2=C\c1ccc(Cl)cc1)C([2H])([2H])C([2H])([2H])C([2H])([2H])C([2H])([2H])[2H]. The predicted octanol–water partition coefficient (Wildman–Crippen LogP) is 9.15. The van der Waals surface area contributed by atoms with Crippen molar-refractivity contribution >= 4 is 46.5 Å². The van der Waals surface area contributed by atoms with Crippen LogP contribution in [-0.4, -0.2) is 29.5 Å². The number of aliphatic hydroxyl groups excluding tert-OH is 1. The van der Waals surface area contributed by atoms with E-state index in [1.54, 1.807) is 42.5 Å². The highest BCUT2D eigenvalue weighted by Gasteiger charge is 2.29. The summed E-state index contributed by atoms with van der Waals surface area (Å²) in [6, 6.07) is 14.2. The molecule has 5 heteroatoms. The van der Waals surface area contributed by atoms with Gasteiger partial charge >= 0.3 is 0 Å². The van der Waals surface area contributed by atoms with E-state index in [2.05, 4.69) is 0 Å². The summed E-state index contributed by atoms with van der Waals surface area (Å²) in [4.78, 5) is -0.409. The van der Waals surface area contributed by atoms with E-state index >= 15 is 0 Å². The van der Waals surface area contributed by atoms with Crippen molar-refractivity contribution in [3.63, 3.8) is 0 Å². The molecule has 1 atom stereocenters. The molecule has 0 radical (unpaired) electrons. The minimum Gasteiger partial charge on any atom is -0.387 e. The van der Waals surface area contributed by atoms with Gasteiger partial charge in [-0.05, 0) is 107 Å². The lowest BCUT2D eigenvalue weighted by Gasteiger charge is -2.26. The molecule has 3 aromatic carbocycles. The van der Waals surface area contributed by atoms with E-state index in [1.165, 1.54) is 18.2 Å². The number of hydrogen-bond donors (Lipinski definition) is 1. The Kier molecular flexibility index (Phi) is 4.00. The van der Waals surface area contributed by atoms with Gasteiger partial charge in [0.25, 0.3) is 0 Å². The van der Waals surface area contributed by atoms with Crippen molar-refractivity contribution in [3.05, 3.63) is 91.9 Å². The molecule has 4 rings (SSSR count). The fourth-order valence-electron chi connectivity index (χ4n) is 3.97. The first kappa shape index (κ1) is 11.7. The van der Waals surface area contributed by atoms with Crippen LogP contribution in [0, 0.1) is 0 Å². The maximum atomic E-state index is 11.9. The summed E-state index contributed by atoms with van der Waals surface area (Å²) >= 11 is 18.9. The number of hydrogen-bond acceptors (Lipinski definition) is 2. The number of halogens is 3. The Morgan fingerprint density at radius 3 is 2.20 bits per heavy atom. The molecule has 0 saturated heterocycles. The van der Waals surface area contributed by atoms with Gasteiger partial charge < -0.3 is 10.0 Å². The standard InChI is InChI=1S/C30H32Cl3NO/c1-3-5-13-34(14-6-4-2)19-29(35)28-18-23(33)17-27-25(15-20-7-9-21(31)10-8-20)26-16-22(32)11-12-24(26)30(27)28/h7-12,15-18,29,35H,3-6,13-14,19H2,1-2H3/b25-15+/i1D3,2D3,3D2,4D2,5D2,6D2,13D2,14D2. The van der Waals surface area contributed by atoms with E-state index < -0.39 is 69.7 Å². The zero-order valence-corrected chi connectivity index (χ0v) is 20.4. The third-order valence-corrected chi connectivity index (χ3v) is 6.07. The maximum absolute atomic E-state index is 11.9. The lowest BCUT2D eigenvalue weighted by molar-refractivity contribution is 0.111. The van der Waals surface area contributed by atoms with Gasteiger partial charge in [-0.25, -0.2) is 0 Å². The number of benzene rings is 3. The van der Waals surface area contributed by atoms with Crippen molar-refractivity contribution in [1.29, 1.82) is 0 Å². The molecule has 0 amide bonds. The summed E-state index contributed by atoms with van der Waals surface area (Å²) in [7, 11) is 0. The number of fused-ring (bicyclic) bond motifs is 3. The summed E-state index contributed by atoms with van der Waals surface area (Å²) in [6.45, 7) is -17.8. The van der Waals surface area contributed by atoms with Crippen LogP contribution in [0.1, 0.15) is 92.2 Å². The molecule has 3 aromatic rings. The van der Waals surface area contributed by atoms with E-state index in [0.717, 1.165) is 0 Å². The molecule has 1 aliphatic rings. The number of aliphatic hydroxyl groups is 1. The van der Waals surface area contributed by atoms with E-state index in [4.69, 9.17) is 59.5 Å². The minimum absolute atomic E-state index is 0.0144. The average molecular weight is 547 g/mol. The highest BCUT2D eigenvalue weighted by molar-refractivity contribution is 6.32. The Hall–Kier alpha value is -1.81. The van der Waals surface area contributed by atoms with Gasteiger partial charge in [0.05, 0.1) is 6.10 Å². The highest BCUT2D eigenvalue weighted by Crippen LogP contribution is 2.50. The van der Waals surface area contributed by atoms with Crippen LogP contribution in [0.5, 0.6) is 0 Å². The highest BCUT2D eigenvalue weighted by atomic mass is 35.5. The van der Waals surface area contributed by atoms with Gasteiger partial charge in [0.15, 0.2) is 0 Å². The second-order valence-electron chi connectivity index (χ2n) is 7.57. The van der Waals surface area contributed by atoms with Gasteiger partial charge in [-0.1, -0.05) is 79.5 Å². The Bertz CT molecular complexity index is 1860. The fourth-order valence-corrected chi connectivity index (χ4v) is 4.49. The van der Waals surface area contributed by atoms with E-state index in [-0.39, 0.29) is 16.1 Å². The second-order valence-corrected chi connectivity index (χ2v) is 8.88. The Balaban J connectivity index is 2.00. The van der Waals surface area contributed by atoms with E-state index in [9.17, 15) is 5.11 Å². The molecule has 1 unspecified atom stereocenters. The molecular formula is C30H32Cl3NO. The minimum atomic E-state index is -4.27. The summed E-state index contributed by atoms with van der Waals surface area (Å²) in [5.41, 5.74) is 2.65. The van der Waals surface area contributed by atoms with Crippen LogP contribution in [-0.2, 0) is 0 Å². The zero-order valence-electron chi connectivity index (χ0n) is 36.1. The molecule has 184 valence electrons. The first-order valence-corrected chi connectivity index (χ1v) is 11.5. The van der Waals surface area contributed by atoms with Gasteiger partial charge in [0.2, 0.25) is 0 Å². The Labute approximate surface area is 249 Å². The molecule has 1 N–H and O–H groups in total. The lowest BCUT2D eigenvalue weighted by Crippen LogP contribution is -2.31. The molecule has 0 saturated carbocycles. The normalized spacial score (nSPS) is 25.2. The molecule has 0 spiro atoms. The predicted molar refractivity (Wildman–Crippen MR) is 152 cm³/mol. The molecule has 0 aliphatic heterocycles. The zero-order chi connectivity index (χ0) is 40.7. The maximum Gasteiger partial charge on any atom is 0.0923 e. The van der Waals surface area contributed by atoms with Crippen molar-refractivity contribution in [2.45, 2.75) is 45.3 Å². The van der Waals surface area contributed by atoms with Crippen LogP contribution in [0.25, 0.3) is 22.8 Å². The summed E-state index contributed by atoms with van der Waals surface area (Å²) in [5.74, 6) is 0. The second kappa shape index (κ2) is 12.0. The summed E-state index contributed by atoms with van der Waals surface area (Å²) in [5, 5.41) is 12.7. The smallest absolute Gasteiger partial charge is 0.0923 e. The van der Waals surface area contributed by atoms with Crippen molar-refractivity contribution < 1.29 is 29.8 Å². The van der Waals surface area contributed by atoms with E-state index in [0.29, 0.717) is 37.9 Å². The van der Waals surface area contributed by atoms with Gasteiger partial charge in [0, 0.05) is 46.3 Å². The van der Waals surface area contributed by atoms with Crippen LogP contribution < -0.4 is 0 Å². The molecule has 0 fully saturated rings. The largest absolute Gasteiger partial charge is 0.387 e. The summed E-state index contributed by atoms with van der Waals surface area (Å²) < 4.78 is 147. The third-order valence-electron chi connectivity index (χ3n) is 5.37. The van der Waals surface area contributed by atoms with Gasteiger partial charge in [-0.3, -0.25) is 0 Å². The van der Waals surface area contributed by atoms with Crippen LogP contribution in [0.2, 0.25) is 15.1 Å². The topological polar surface area (TPSA) is 23.5 Å². The van der Waals surface area contributed by atoms with Crippen LogP contribution in [0.15, 0.2) is 54.6 Å². The summed E-state index contributed by atoms with van der Waals surface area (Å²) in [6.07, 6.45) is -17.2. The van der Waals surface area contributed by atoms with Crippen LogP contribution in [0.4, 0.5) is 0 Å². The molecule has 1 aliphatic carbocycles. The van der Waals surface area contributed by atoms with Crippen molar-refractivity contribution in [3.8, 4) is 11.1 Å². The van der Waals surface area contributed by atoms with Crippen molar-refractivity contribution in [2.24, 2.45) is 0 Å². The van der Waals surface area contributed by atoms with Crippen LogP contribution >= 0.6 is 34.8 Å². The quantitative estimate of drug-likeness (QED) is 0.214. The molecule has 35 heavy (non-hydrogen) atoms. The van der Waals surface area contributed by atoms with Crippen molar-refractivity contribution in [2.75, 3.05) is 19.5 Å². The molecular weight excluding hydrogens is 497 g/mol. The van der Waals surface area contributed by atoms with Gasteiger partial charge in [-0.15, -0.1) is 0 Å². The van der Waals surface area contributed by atoms with Crippen LogP contribution in [0.3, 0.4) is 0 Å². The average Bonchev–Trinajstić information content (AvgIpc) is 3.30. The first-order valence-electron chi connectivity index (χ1n) is 19.3. The monoisotopic (exact) mass is 545 g/mol. The Morgan fingerprint density at radius 2 is 1.51 bits per heavy atom. The molecule has 0 heterocycles. The Morgan fingerprint density at radius 1 is 0.857 bits per heavy atom. The lowest BCUT2D eigenvalue weighted by atomic mass is 9.94. The van der Waals surface area contributed by atoms with Gasteiger partial charge in [0.1, 0.15) is 0 Å².